The molecule has 1 aromatic heterocycles. The fourth-order valence-electron chi connectivity index (χ4n) is 2.22. The minimum Gasteiger partial charge on any atom is -0.385 e. The predicted octanol–water partition coefficient (Wildman–Crippen LogP) is 2.55. The minimum absolute atomic E-state index is 0.804. The van der Waals surface area contributed by atoms with E-state index < -0.39 is 0 Å². The van der Waals surface area contributed by atoms with Crippen LogP contribution >= 0.6 is 0 Å². The molecule has 2 rings (SSSR count). The largest absolute Gasteiger partial charge is 0.385 e. The number of para-hydroxylation sites is 1. The molecule has 124 valence electrons. The molecule has 0 bridgehead atoms. The number of nitrogens with one attached hydrogen (secondary N) is 3. The smallest absolute Gasteiger partial charge is 0.191 e. The fraction of sp³-hybridized carbons (Fsp3) is 0.389. The van der Waals surface area contributed by atoms with Crippen molar-refractivity contribution in [2.45, 2.75) is 19.9 Å². The second kappa shape index (κ2) is 10.3. The zero-order valence-corrected chi connectivity index (χ0v) is 13.8. The van der Waals surface area contributed by atoms with E-state index in [2.05, 4.69) is 57.0 Å². The first-order chi connectivity index (χ1) is 11.4. The molecule has 5 heteroatoms. The topological polar surface area (TPSA) is 53.4 Å². The van der Waals surface area contributed by atoms with Crippen LogP contribution in [0.2, 0.25) is 0 Å². The average Bonchev–Trinajstić information content (AvgIpc) is 3.09. The van der Waals surface area contributed by atoms with Crippen LogP contribution in [0, 0.1) is 0 Å². The number of rotatable bonds is 9. The van der Waals surface area contributed by atoms with Crippen LogP contribution in [0.25, 0.3) is 0 Å². The van der Waals surface area contributed by atoms with Gasteiger partial charge in [-0.15, -0.1) is 0 Å². The molecule has 0 radical (unpaired) electrons. The highest BCUT2D eigenvalue weighted by atomic mass is 15.2. The van der Waals surface area contributed by atoms with E-state index >= 15 is 0 Å². The van der Waals surface area contributed by atoms with E-state index in [-0.39, 0.29) is 0 Å². The Bertz CT molecular complexity index is 548. The third-order valence-corrected chi connectivity index (χ3v) is 3.38. The number of nitrogens with zero attached hydrogens (tertiary/aromatic N) is 2. The molecule has 0 saturated carbocycles. The van der Waals surface area contributed by atoms with Crippen molar-refractivity contribution >= 4 is 11.6 Å². The van der Waals surface area contributed by atoms with Crippen LogP contribution in [0.4, 0.5) is 5.69 Å². The van der Waals surface area contributed by atoms with Gasteiger partial charge in [-0.25, -0.2) is 0 Å². The highest BCUT2D eigenvalue weighted by Crippen LogP contribution is 2.04. The van der Waals surface area contributed by atoms with Gasteiger partial charge in [0.2, 0.25) is 0 Å². The summed E-state index contributed by atoms with van der Waals surface area (Å²) in [4.78, 5) is 4.61. The van der Waals surface area contributed by atoms with Gasteiger partial charge in [-0.1, -0.05) is 18.2 Å². The van der Waals surface area contributed by atoms with Gasteiger partial charge in [0.1, 0.15) is 0 Å². The molecule has 0 atom stereocenters. The number of hydrogen-bond donors (Lipinski definition) is 3. The van der Waals surface area contributed by atoms with Crippen molar-refractivity contribution in [2.24, 2.45) is 4.99 Å². The maximum atomic E-state index is 4.61. The number of aromatic nitrogens is 1. The van der Waals surface area contributed by atoms with Crippen LogP contribution in [-0.4, -0.2) is 36.7 Å². The maximum absolute atomic E-state index is 4.61. The van der Waals surface area contributed by atoms with Crippen molar-refractivity contribution < 1.29 is 0 Å². The van der Waals surface area contributed by atoms with Crippen LogP contribution in [0.15, 0.2) is 59.9 Å². The van der Waals surface area contributed by atoms with Crippen molar-refractivity contribution in [3.05, 3.63) is 54.9 Å². The van der Waals surface area contributed by atoms with Gasteiger partial charge in [-0.2, -0.15) is 0 Å². The Kier molecular flexibility index (Phi) is 7.60. The van der Waals surface area contributed by atoms with Gasteiger partial charge in [0, 0.05) is 50.8 Å². The molecule has 0 aliphatic rings. The monoisotopic (exact) mass is 313 g/mol. The summed E-state index contributed by atoms with van der Waals surface area (Å²) in [5.74, 6) is 0.888. The molecule has 0 unspecified atom stereocenters. The van der Waals surface area contributed by atoms with Gasteiger partial charge in [0.15, 0.2) is 5.96 Å². The average molecular weight is 313 g/mol. The SMILES string of the molecule is CCNC(=NCCCNc1ccccc1)NCCn1cccc1. The first kappa shape index (κ1) is 16.9. The molecule has 2 aromatic rings. The predicted molar refractivity (Wildman–Crippen MR) is 98.0 cm³/mol. The molecule has 0 saturated heterocycles. The number of hydrogen-bond acceptors (Lipinski definition) is 2. The van der Waals surface area contributed by atoms with E-state index in [0.29, 0.717) is 0 Å². The fourth-order valence-corrected chi connectivity index (χ4v) is 2.22. The van der Waals surface area contributed by atoms with Crippen molar-refractivity contribution in [2.75, 3.05) is 31.5 Å². The lowest BCUT2D eigenvalue weighted by Crippen LogP contribution is -2.39. The van der Waals surface area contributed by atoms with Gasteiger partial charge in [0.05, 0.1) is 0 Å². The zero-order valence-electron chi connectivity index (χ0n) is 13.8. The third-order valence-electron chi connectivity index (χ3n) is 3.38. The summed E-state index contributed by atoms with van der Waals surface area (Å²) in [6, 6.07) is 14.3. The number of guanidine groups is 1. The summed E-state index contributed by atoms with van der Waals surface area (Å²) in [6.45, 7) is 6.49. The van der Waals surface area contributed by atoms with Gasteiger partial charge >= 0.3 is 0 Å². The van der Waals surface area contributed by atoms with E-state index in [1.165, 1.54) is 0 Å². The second-order valence-corrected chi connectivity index (χ2v) is 5.25. The van der Waals surface area contributed by atoms with Crippen LogP contribution in [-0.2, 0) is 6.54 Å². The van der Waals surface area contributed by atoms with E-state index in [1.807, 2.05) is 30.3 Å². The lowest BCUT2D eigenvalue weighted by atomic mass is 10.3. The van der Waals surface area contributed by atoms with E-state index in [0.717, 1.165) is 50.8 Å². The molecule has 0 spiro atoms. The molecular formula is C18H27N5. The molecule has 1 heterocycles. The van der Waals surface area contributed by atoms with Gasteiger partial charge in [-0.3, -0.25) is 4.99 Å². The molecule has 23 heavy (non-hydrogen) atoms. The first-order valence-corrected chi connectivity index (χ1v) is 8.30. The molecule has 5 nitrogen and oxygen atoms in total. The molecular weight excluding hydrogens is 286 g/mol. The summed E-state index contributed by atoms with van der Waals surface area (Å²) in [7, 11) is 0. The number of benzene rings is 1. The molecule has 0 aliphatic heterocycles. The highest BCUT2D eigenvalue weighted by Gasteiger charge is 1.97. The van der Waals surface area contributed by atoms with Crippen molar-refractivity contribution in [1.29, 1.82) is 0 Å². The summed E-state index contributed by atoms with van der Waals surface area (Å²) in [6.07, 6.45) is 5.14. The van der Waals surface area contributed by atoms with Crippen LogP contribution < -0.4 is 16.0 Å². The number of aliphatic imine (C=N–C) groups is 1. The quantitative estimate of drug-likeness (QED) is 0.379. The zero-order chi connectivity index (χ0) is 16.2. The van der Waals surface area contributed by atoms with Crippen LogP contribution in [0.5, 0.6) is 0 Å². The van der Waals surface area contributed by atoms with Gasteiger partial charge < -0.3 is 20.5 Å². The van der Waals surface area contributed by atoms with Crippen LogP contribution in [0.1, 0.15) is 13.3 Å². The van der Waals surface area contributed by atoms with E-state index in [1.54, 1.807) is 0 Å². The Morgan fingerprint density at radius 1 is 1.00 bits per heavy atom. The van der Waals surface area contributed by atoms with E-state index in [4.69, 9.17) is 0 Å². The molecule has 0 aliphatic carbocycles. The summed E-state index contributed by atoms with van der Waals surface area (Å²) < 4.78 is 2.15. The Hall–Kier alpha value is -2.43. The Balaban J connectivity index is 1.64. The number of anilines is 1. The molecule has 0 fully saturated rings. The standard InChI is InChI=1S/C18H27N5/c1-2-19-18(22-13-16-23-14-6-7-15-23)21-12-8-11-20-17-9-4-3-5-10-17/h3-7,9-10,14-15,20H,2,8,11-13,16H2,1H3,(H2,19,21,22). The Labute approximate surface area is 138 Å². The molecule has 3 N–H and O–H groups in total. The Morgan fingerprint density at radius 3 is 2.52 bits per heavy atom. The van der Waals surface area contributed by atoms with Gasteiger partial charge in [-0.05, 0) is 37.6 Å². The second-order valence-electron chi connectivity index (χ2n) is 5.25. The van der Waals surface area contributed by atoms with Crippen LogP contribution in [0.3, 0.4) is 0 Å². The van der Waals surface area contributed by atoms with Crippen molar-refractivity contribution in [3.8, 4) is 0 Å². The minimum atomic E-state index is 0.804. The molecule has 0 amide bonds. The van der Waals surface area contributed by atoms with Crippen molar-refractivity contribution in [3.63, 3.8) is 0 Å². The molecule has 1 aromatic carbocycles. The first-order valence-electron chi connectivity index (χ1n) is 8.30. The lowest BCUT2D eigenvalue weighted by Gasteiger charge is -2.12. The third kappa shape index (κ3) is 6.91. The Morgan fingerprint density at radius 2 is 1.78 bits per heavy atom. The van der Waals surface area contributed by atoms with Crippen molar-refractivity contribution in [1.82, 2.24) is 15.2 Å². The summed E-state index contributed by atoms with van der Waals surface area (Å²) in [5, 5.41) is 10.0. The summed E-state index contributed by atoms with van der Waals surface area (Å²) >= 11 is 0. The highest BCUT2D eigenvalue weighted by molar-refractivity contribution is 5.79. The summed E-state index contributed by atoms with van der Waals surface area (Å²) in [5.41, 5.74) is 1.16. The van der Waals surface area contributed by atoms with Gasteiger partial charge in [0.25, 0.3) is 0 Å². The normalized spacial score (nSPS) is 11.3. The lowest BCUT2D eigenvalue weighted by molar-refractivity contribution is 0.665. The van der Waals surface area contributed by atoms with E-state index in [9.17, 15) is 0 Å². The maximum Gasteiger partial charge on any atom is 0.191 e.